The van der Waals surface area contributed by atoms with Crippen molar-refractivity contribution in [2.24, 2.45) is 0 Å². The molecule has 0 N–H and O–H groups in total. The van der Waals surface area contributed by atoms with Gasteiger partial charge in [0.2, 0.25) is 5.71 Å². The molecule has 4 heterocycles. The Bertz CT molecular complexity index is 1050. The first-order chi connectivity index (χ1) is 15.2. The first kappa shape index (κ1) is 20.0. The van der Waals surface area contributed by atoms with Gasteiger partial charge < -0.3 is 14.2 Å². The molecular weight excluding hydrogens is 390 g/mol. The van der Waals surface area contributed by atoms with Gasteiger partial charge in [0.15, 0.2) is 0 Å². The van der Waals surface area contributed by atoms with E-state index < -0.39 is 0 Å². The second-order valence-corrected chi connectivity index (χ2v) is 8.51. The van der Waals surface area contributed by atoms with Crippen LogP contribution in [0.1, 0.15) is 40.9 Å². The standard InChI is InChI=1S/C24H29N5O2/c1-18-20(21-22(25-17-26-23(21)31-18)28-10-6-3-7-11-28)24(30)29-14-12-27(13-15-29)16-19-8-4-2-5-9-19/h2,4-5,8-9,17H,3,6-7,10-16H2,1H3. The maximum absolute atomic E-state index is 13.6. The van der Waals surface area contributed by atoms with E-state index in [-0.39, 0.29) is 5.91 Å². The zero-order chi connectivity index (χ0) is 21.2. The van der Waals surface area contributed by atoms with Crippen LogP contribution in [0.25, 0.3) is 11.1 Å². The van der Waals surface area contributed by atoms with Crippen LogP contribution in [0.2, 0.25) is 0 Å². The highest BCUT2D eigenvalue weighted by Gasteiger charge is 2.30. The Morgan fingerprint density at radius 2 is 1.71 bits per heavy atom. The van der Waals surface area contributed by atoms with E-state index in [2.05, 4.69) is 44.0 Å². The molecule has 0 aliphatic carbocycles. The average Bonchev–Trinajstić information content (AvgIpc) is 3.16. The summed E-state index contributed by atoms with van der Waals surface area (Å²) < 4.78 is 5.91. The molecule has 0 saturated carbocycles. The summed E-state index contributed by atoms with van der Waals surface area (Å²) in [5.41, 5.74) is 2.45. The third-order valence-electron chi connectivity index (χ3n) is 6.42. The number of aryl methyl sites for hydroxylation is 1. The number of amides is 1. The van der Waals surface area contributed by atoms with Gasteiger partial charge in [0.25, 0.3) is 5.91 Å². The number of nitrogens with zero attached hydrogens (tertiary/aromatic N) is 5. The topological polar surface area (TPSA) is 65.7 Å². The summed E-state index contributed by atoms with van der Waals surface area (Å²) in [6.07, 6.45) is 5.09. The lowest BCUT2D eigenvalue weighted by atomic mass is 10.1. The molecule has 1 amide bonds. The molecule has 31 heavy (non-hydrogen) atoms. The molecule has 2 aliphatic heterocycles. The van der Waals surface area contributed by atoms with Gasteiger partial charge in [-0.2, -0.15) is 0 Å². The van der Waals surface area contributed by atoms with E-state index in [4.69, 9.17) is 4.42 Å². The molecule has 3 aromatic rings. The van der Waals surface area contributed by atoms with Crippen LogP contribution in [-0.2, 0) is 6.54 Å². The molecule has 1 aromatic carbocycles. The second kappa shape index (κ2) is 8.67. The van der Waals surface area contributed by atoms with Crippen molar-refractivity contribution in [3.8, 4) is 0 Å². The minimum absolute atomic E-state index is 0.0312. The molecule has 0 spiro atoms. The van der Waals surface area contributed by atoms with Crippen LogP contribution in [0.15, 0.2) is 41.1 Å². The number of hydrogen-bond donors (Lipinski definition) is 0. The highest BCUT2D eigenvalue weighted by Crippen LogP contribution is 2.33. The first-order valence-electron chi connectivity index (χ1n) is 11.3. The third kappa shape index (κ3) is 4.02. The van der Waals surface area contributed by atoms with Crippen LogP contribution in [0.4, 0.5) is 5.82 Å². The minimum atomic E-state index is 0.0312. The Balaban J connectivity index is 1.36. The Labute approximate surface area is 182 Å². The van der Waals surface area contributed by atoms with Crippen molar-refractivity contribution in [2.45, 2.75) is 32.7 Å². The summed E-state index contributed by atoms with van der Waals surface area (Å²) in [7, 11) is 0. The Morgan fingerprint density at radius 3 is 2.45 bits per heavy atom. The normalized spacial score (nSPS) is 18.0. The van der Waals surface area contributed by atoms with Crippen molar-refractivity contribution in [1.29, 1.82) is 0 Å². The molecule has 2 aliphatic rings. The van der Waals surface area contributed by atoms with Gasteiger partial charge in [-0.25, -0.2) is 9.97 Å². The van der Waals surface area contributed by atoms with E-state index in [1.165, 1.54) is 12.0 Å². The van der Waals surface area contributed by atoms with Gasteiger partial charge in [-0.05, 0) is 31.7 Å². The van der Waals surface area contributed by atoms with Crippen molar-refractivity contribution in [2.75, 3.05) is 44.2 Å². The number of rotatable bonds is 4. The number of anilines is 1. The molecule has 7 heteroatoms. The van der Waals surface area contributed by atoms with Gasteiger partial charge in [0, 0.05) is 45.8 Å². The van der Waals surface area contributed by atoms with E-state index in [0.717, 1.165) is 56.8 Å². The molecule has 2 fully saturated rings. The maximum Gasteiger partial charge on any atom is 0.258 e. The van der Waals surface area contributed by atoms with Crippen molar-refractivity contribution < 1.29 is 9.21 Å². The van der Waals surface area contributed by atoms with E-state index in [9.17, 15) is 4.79 Å². The fourth-order valence-corrected chi connectivity index (χ4v) is 4.74. The number of hydrogen-bond acceptors (Lipinski definition) is 6. The van der Waals surface area contributed by atoms with E-state index >= 15 is 0 Å². The zero-order valence-electron chi connectivity index (χ0n) is 18.1. The fraction of sp³-hybridized carbons (Fsp3) is 0.458. The summed E-state index contributed by atoms with van der Waals surface area (Å²) in [5, 5.41) is 0.776. The van der Waals surface area contributed by atoms with Crippen LogP contribution < -0.4 is 4.90 Å². The largest absolute Gasteiger partial charge is 0.442 e. The number of benzene rings is 1. The van der Waals surface area contributed by atoms with Gasteiger partial charge in [-0.3, -0.25) is 9.69 Å². The van der Waals surface area contributed by atoms with Gasteiger partial charge in [-0.15, -0.1) is 0 Å². The van der Waals surface area contributed by atoms with Crippen LogP contribution in [0.3, 0.4) is 0 Å². The van der Waals surface area contributed by atoms with E-state index in [1.54, 1.807) is 6.33 Å². The Hall–Kier alpha value is -2.93. The number of carbonyl (C=O) groups is 1. The molecule has 0 unspecified atom stereocenters. The highest BCUT2D eigenvalue weighted by atomic mass is 16.3. The van der Waals surface area contributed by atoms with Gasteiger partial charge in [0.1, 0.15) is 17.9 Å². The first-order valence-corrected chi connectivity index (χ1v) is 11.3. The van der Waals surface area contributed by atoms with Gasteiger partial charge in [-0.1, -0.05) is 30.3 Å². The summed E-state index contributed by atoms with van der Waals surface area (Å²) in [5.74, 6) is 1.50. The summed E-state index contributed by atoms with van der Waals surface area (Å²) in [6, 6.07) is 10.5. The lowest BCUT2D eigenvalue weighted by Gasteiger charge is -2.35. The van der Waals surface area contributed by atoms with Crippen molar-refractivity contribution >= 4 is 22.8 Å². The quantitative estimate of drug-likeness (QED) is 0.645. The maximum atomic E-state index is 13.6. The lowest BCUT2D eigenvalue weighted by Crippen LogP contribution is -2.48. The van der Waals surface area contributed by atoms with Crippen LogP contribution >= 0.6 is 0 Å². The molecule has 0 bridgehead atoms. The highest BCUT2D eigenvalue weighted by molar-refractivity contribution is 6.10. The Morgan fingerprint density at radius 1 is 0.968 bits per heavy atom. The second-order valence-electron chi connectivity index (χ2n) is 8.51. The summed E-state index contributed by atoms with van der Waals surface area (Å²) >= 11 is 0. The number of aromatic nitrogens is 2. The van der Waals surface area contributed by atoms with Crippen molar-refractivity contribution in [1.82, 2.24) is 19.8 Å². The smallest absolute Gasteiger partial charge is 0.258 e. The summed E-state index contributed by atoms with van der Waals surface area (Å²) in [4.78, 5) is 29.1. The molecule has 7 nitrogen and oxygen atoms in total. The SMILES string of the molecule is Cc1oc2ncnc(N3CCCCC3)c2c1C(=O)N1CCN(Cc2ccccc2)CC1. The van der Waals surface area contributed by atoms with Crippen molar-refractivity contribution in [3.63, 3.8) is 0 Å². The number of carbonyl (C=O) groups excluding carboxylic acids is 1. The predicted molar refractivity (Wildman–Crippen MR) is 120 cm³/mol. The lowest BCUT2D eigenvalue weighted by molar-refractivity contribution is 0.0628. The molecule has 0 radical (unpaired) electrons. The monoisotopic (exact) mass is 419 g/mol. The number of piperazine rings is 1. The van der Waals surface area contributed by atoms with Crippen LogP contribution in [0.5, 0.6) is 0 Å². The molecule has 0 atom stereocenters. The molecule has 5 rings (SSSR count). The summed E-state index contributed by atoms with van der Waals surface area (Å²) in [6.45, 7) is 7.86. The Kier molecular flexibility index (Phi) is 5.59. The van der Waals surface area contributed by atoms with E-state index in [1.807, 2.05) is 17.9 Å². The fourth-order valence-electron chi connectivity index (χ4n) is 4.74. The van der Waals surface area contributed by atoms with Gasteiger partial charge >= 0.3 is 0 Å². The third-order valence-corrected chi connectivity index (χ3v) is 6.42. The predicted octanol–water partition coefficient (Wildman–Crippen LogP) is 3.48. The molecule has 162 valence electrons. The van der Waals surface area contributed by atoms with Gasteiger partial charge in [0.05, 0.1) is 10.9 Å². The zero-order valence-corrected chi connectivity index (χ0v) is 18.1. The molecule has 2 saturated heterocycles. The molecular formula is C24H29N5O2. The number of piperidine rings is 1. The van der Waals surface area contributed by atoms with Crippen LogP contribution in [-0.4, -0.2) is 64.9 Å². The number of fused-ring (bicyclic) bond motifs is 1. The average molecular weight is 420 g/mol. The van der Waals surface area contributed by atoms with Crippen LogP contribution in [0, 0.1) is 6.92 Å². The number of furan rings is 1. The van der Waals surface area contributed by atoms with E-state index in [0.29, 0.717) is 30.1 Å². The molecule has 2 aromatic heterocycles. The van der Waals surface area contributed by atoms with Crippen molar-refractivity contribution in [3.05, 3.63) is 53.5 Å². The minimum Gasteiger partial charge on any atom is -0.442 e.